The predicted octanol–water partition coefficient (Wildman–Crippen LogP) is 6.72. The van der Waals surface area contributed by atoms with Crippen LogP contribution in [0.15, 0.2) is 76.1 Å². The average molecular weight is 495 g/mol. The Bertz CT molecular complexity index is 1030. The second kappa shape index (κ2) is 9.61. The first-order chi connectivity index (χ1) is 13.4. The van der Waals surface area contributed by atoms with Gasteiger partial charge in [0, 0.05) is 25.5 Å². The van der Waals surface area contributed by atoms with Crippen molar-refractivity contribution in [3.05, 3.63) is 92.4 Å². The molecule has 0 heterocycles. The lowest BCUT2D eigenvalue weighted by molar-refractivity contribution is -0.113. The summed E-state index contributed by atoms with van der Waals surface area (Å²) in [6.45, 7) is 0. The maximum Gasteiger partial charge on any atom is 0.234 e. The molecule has 142 valence electrons. The monoisotopic (exact) mass is 493 g/mol. The highest BCUT2D eigenvalue weighted by molar-refractivity contribution is 9.10. The van der Waals surface area contributed by atoms with Gasteiger partial charge >= 0.3 is 0 Å². The van der Waals surface area contributed by atoms with Crippen LogP contribution in [0, 0.1) is 0 Å². The molecule has 0 saturated carbocycles. The third-order valence-corrected chi connectivity index (χ3v) is 5.89. The molecule has 3 nitrogen and oxygen atoms in total. The quantitative estimate of drug-likeness (QED) is 0.305. The van der Waals surface area contributed by atoms with Gasteiger partial charge in [-0.25, -0.2) is 0 Å². The minimum Gasteiger partial charge on any atom is -0.325 e. The lowest BCUT2D eigenvalue weighted by atomic mass is 10.0. The van der Waals surface area contributed by atoms with E-state index in [1.54, 1.807) is 54.6 Å². The first kappa shape index (κ1) is 20.9. The Morgan fingerprint density at radius 2 is 1.64 bits per heavy atom. The summed E-state index contributed by atoms with van der Waals surface area (Å²) < 4.78 is 0.733. The maximum atomic E-state index is 13.0. The fraction of sp³-hybridized carbons (Fsp3) is 0.0476. The van der Waals surface area contributed by atoms with Gasteiger partial charge in [-0.05, 0) is 54.6 Å². The van der Waals surface area contributed by atoms with Crippen molar-refractivity contribution in [2.24, 2.45) is 0 Å². The molecule has 0 unspecified atom stereocenters. The lowest BCUT2D eigenvalue weighted by Gasteiger charge is -2.12. The average Bonchev–Trinajstić information content (AvgIpc) is 2.69. The van der Waals surface area contributed by atoms with E-state index in [9.17, 15) is 9.59 Å². The fourth-order valence-corrected chi connectivity index (χ4v) is 3.88. The van der Waals surface area contributed by atoms with Crippen molar-refractivity contribution in [1.29, 1.82) is 0 Å². The number of hydrogen-bond acceptors (Lipinski definition) is 3. The van der Waals surface area contributed by atoms with Crippen LogP contribution in [0.3, 0.4) is 0 Å². The number of anilines is 1. The molecule has 0 aromatic heterocycles. The zero-order valence-electron chi connectivity index (χ0n) is 14.4. The van der Waals surface area contributed by atoms with Crippen LogP contribution < -0.4 is 5.32 Å². The molecule has 0 saturated heterocycles. The van der Waals surface area contributed by atoms with E-state index in [2.05, 4.69) is 21.2 Å². The SMILES string of the molecule is O=C(CSc1ccc(Cl)cc1)Nc1ccc(Br)cc1C(=O)c1ccccc1Cl. The van der Waals surface area contributed by atoms with Gasteiger partial charge in [-0.2, -0.15) is 0 Å². The minimum absolute atomic E-state index is 0.206. The number of benzene rings is 3. The molecule has 0 spiro atoms. The molecule has 3 aromatic rings. The third kappa shape index (κ3) is 5.39. The van der Waals surface area contributed by atoms with Crippen LogP contribution in [0.4, 0.5) is 5.69 Å². The number of amides is 1. The van der Waals surface area contributed by atoms with E-state index in [-0.39, 0.29) is 17.4 Å². The number of carbonyl (C=O) groups excluding carboxylic acids is 2. The van der Waals surface area contributed by atoms with E-state index in [0.717, 1.165) is 9.37 Å². The summed E-state index contributed by atoms with van der Waals surface area (Å²) in [7, 11) is 0. The Kier molecular flexibility index (Phi) is 7.18. The number of thioether (sulfide) groups is 1. The van der Waals surface area contributed by atoms with Crippen molar-refractivity contribution in [3.8, 4) is 0 Å². The predicted molar refractivity (Wildman–Crippen MR) is 120 cm³/mol. The summed E-state index contributed by atoms with van der Waals surface area (Å²) in [6, 6.07) is 19.2. The van der Waals surface area contributed by atoms with Gasteiger partial charge in [-0.3, -0.25) is 9.59 Å². The molecule has 7 heteroatoms. The molecule has 28 heavy (non-hydrogen) atoms. The highest BCUT2D eigenvalue weighted by atomic mass is 79.9. The normalized spacial score (nSPS) is 10.5. The summed E-state index contributed by atoms with van der Waals surface area (Å²) in [5.41, 5.74) is 1.19. The van der Waals surface area contributed by atoms with Gasteiger partial charge in [0.05, 0.1) is 16.5 Å². The van der Waals surface area contributed by atoms with Crippen molar-refractivity contribution in [3.63, 3.8) is 0 Å². The molecule has 0 aliphatic carbocycles. The highest BCUT2D eigenvalue weighted by Crippen LogP contribution is 2.27. The number of rotatable bonds is 6. The van der Waals surface area contributed by atoms with E-state index >= 15 is 0 Å². The Hall–Kier alpha value is -1.79. The van der Waals surface area contributed by atoms with Gasteiger partial charge in [-0.15, -0.1) is 11.8 Å². The molecule has 0 aliphatic rings. The van der Waals surface area contributed by atoms with Gasteiger partial charge < -0.3 is 5.32 Å². The van der Waals surface area contributed by atoms with Gasteiger partial charge in [0.25, 0.3) is 0 Å². The molecular weight excluding hydrogens is 481 g/mol. The summed E-state index contributed by atoms with van der Waals surface area (Å²) in [4.78, 5) is 26.3. The van der Waals surface area contributed by atoms with Crippen molar-refractivity contribution >= 4 is 68.3 Å². The Morgan fingerprint density at radius 1 is 0.929 bits per heavy atom. The highest BCUT2D eigenvalue weighted by Gasteiger charge is 2.18. The molecular formula is C21H14BrCl2NO2S. The van der Waals surface area contributed by atoms with E-state index < -0.39 is 0 Å². The van der Waals surface area contributed by atoms with Crippen LogP contribution in [-0.4, -0.2) is 17.4 Å². The summed E-state index contributed by atoms with van der Waals surface area (Å²) in [5.74, 6) is -0.264. The number of halogens is 3. The largest absolute Gasteiger partial charge is 0.325 e. The summed E-state index contributed by atoms with van der Waals surface area (Å²) >= 11 is 16.8. The van der Waals surface area contributed by atoms with Crippen LogP contribution in [0.5, 0.6) is 0 Å². The molecule has 0 atom stereocenters. The first-order valence-electron chi connectivity index (χ1n) is 8.21. The number of hydrogen-bond donors (Lipinski definition) is 1. The van der Waals surface area contributed by atoms with Crippen LogP contribution in [0.25, 0.3) is 0 Å². The van der Waals surface area contributed by atoms with Crippen LogP contribution in [0.1, 0.15) is 15.9 Å². The van der Waals surface area contributed by atoms with Crippen molar-refractivity contribution in [2.75, 3.05) is 11.1 Å². The van der Waals surface area contributed by atoms with E-state index in [1.165, 1.54) is 11.8 Å². The molecule has 1 amide bonds. The van der Waals surface area contributed by atoms with Crippen LogP contribution in [-0.2, 0) is 4.79 Å². The van der Waals surface area contributed by atoms with E-state index in [1.807, 2.05) is 12.1 Å². The van der Waals surface area contributed by atoms with Crippen molar-refractivity contribution < 1.29 is 9.59 Å². The first-order valence-corrected chi connectivity index (χ1v) is 10.7. The molecule has 0 radical (unpaired) electrons. The Labute approximate surface area is 185 Å². The standard InChI is InChI=1S/C21H14BrCl2NO2S/c22-13-5-10-19(17(11-13)21(27)16-3-1-2-4-18(16)24)25-20(26)12-28-15-8-6-14(23)7-9-15/h1-11H,12H2,(H,25,26). The zero-order valence-corrected chi connectivity index (χ0v) is 18.3. The maximum absolute atomic E-state index is 13.0. The van der Waals surface area contributed by atoms with Gasteiger partial charge in [0.2, 0.25) is 5.91 Å². The molecule has 3 aromatic carbocycles. The van der Waals surface area contributed by atoms with Crippen molar-refractivity contribution in [1.82, 2.24) is 0 Å². The van der Waals surface area contributed by atoms with E-state index in [0.29, 0.717) is 26.9 Å². The molecule has 0 aliphatic heterocycles. The molecule has 0 bridgehead atoms. The Balaban J connectivity index is 1.77. The Morgan fingerprint density at radius 3 is 2.36 bits per heavy atom. The third-order valence-electron chi connectivity index (χ3n) is 3.80. The number of carbonyl (C=O) groups is 2. The number of nitrogens with one attached hydrogen (secondary N) is 1. The van der Waals surface area contributed by atoms with Gasteiger partial charge in [0.1, 0.15) is 0 Å². The van der Waals surface area contributed by atoms with Crippen LogP contribution >= 0.6 is 50.9 Å². The second-order valence-electron chi connectivity index (χ2n) is 5.79. The zero-order chi connectivity index (χ0) is 20.1. The van der Waals surface area contributed by atoms with Gasteiger partial charge in [0.15, 0.2) is 5.78 Å². The molecule has 1 N–H and O–H groups in total. The fourth-order valence-electron chi connectivity index (χ4n) is 2.47. The minimum atomic E-state index is -0.257. The lowest BCUT2D eigenvalue weighted by Crippen LogP contribution is -2.17. The summed E-state index contributed by atoms with van der Waals surface area (Å²) in [6.07, 6.45) is 0. The topological polar surface area (TPSA) is 46.2 Å². The molecule has 0 fully saturated rings. The summed E-state index contributed by atoms with van der Waals surface area (Å²) in [5, 5.41) is 3.83. The number of ketones is 1. The smallest absolute Gasteiger partial charge is 0.234 e. The second-order valence-corrected chi connectivity index (χ2v) is 8.60. The van der Waals surface area contributed by atoms with Crippen molar-refractivity contribution in [2.45, 2.75) is 4.90 Å². The van der Waals surface area contributed by atoms with E-state index in [4.69, 9.17) is 23.2 Å². The molecule has 3 rings (SSSR count). The van der Waals surface area contributed by atoms with Crippen LogP contribution in [0.2, 0.25) is 10.0 Å². The van der Waals surface area contributed by atoms with Gasteiger partial charge in [-0.1, -0.05) is 51.3 Å².